The second kappa shape index (κ2) is 16.3. The standard InChI is InChI=1S/C49H55N6O9P/c1-7-11-21-60-65(59,61-22-12-8-2)55-26-31-37-25-50-44(62-37)41-42-49-32-17-13-16-30(29-15-14-18-35(55)38(29)31)40(32)54-47(49)63-36-20-19-28(23-33(36)49)24-34(51-46(57)48(58,9-3)10-4)43(56)52-39(27(5)6)45(53-41)64-42/h13-20,23,25-27,34,39,47,54,58H,7-12,21-22,24H2,1-6H3,(H,51,57)(H,52,56)/t34-,39?,47?,49?/m0/s1. The van der Waals surface area contributed by atoms with E-state index in [2.05, 4.69) is 41.9 Å². The third-order valence-electron chi connectivity index (χ3n) is 13.6. The predicted molar refractivity (Wildman–Crippen MR) is 244 cm³/mol. The molecular weight excluding hydrogens is 848 g/mol. The molecule has 0 fully saturated rings. The average molecular weight is 903 g/mol. The maximum atomic E-state index is 15.1. The molecule has 1 spiro atoms. The molecule has 2 amide bonds. The zero-order valence-electron chi connectivity index (χ0n) is 37.5. The molecule has 10 rings (SSSR count). The zero-order valence-corrected chi connectivity index (χ0v) is 38.4. The molecule has 6 aromatic rings. The molecule has 0 saturated carbocycles. The van der Waals surface area contributed by atoms with Gasteiger partial charge in [-0.2, -0.15) is 0 Å². The van der Waals surface area contributed by atoms with Crippen LogP contribution in [0.25, 0.3) is 44.9 Å². The number of nitrogens with zero attached hydrogens (tertiary/aromatic N) is 3. The minimum absolute atomic E-state index is 0.124. The Morgan fingerprint density at radius 2 is 1.72 bits per heavy atom. The van der Waals surface area contributed by atoms with Gasteiger partial charge < -0.3 is 34.6 Å². The normalized spacial score (nSPS) is 20.4. The second-order valence-electron chi connectivity index (χ2n) is 17.9. The molecule has 0 aliphatic carbocycles. The summed E-state index contributed by atoms with van der Waals surface area (Å²) in [6.45, 7) is 12.0. The number of aromatic nitrogens is 3. The van der Waals surface area contributed by atoms with Gasteiger partial charge in [0, 0.05) is 45.9 Å². The lowest BCUT2D eigenvalue weighted by Crippen LogP contribution is -2.55. The minimum Gasteiger partial charge on any atom is -0.469 e. The van der Waals surface area contributed by atoms with Crippen LogP contribution in [-0.2, 0) is 35.0 Å². The van der Waals surface area contributed by atoms with Crippen LogP contribution in [0.3, 0.4) is 0 Å². The number of fused-ring (bicyclic) bond motifs is 7. The Labute approximate surface area is 377 Å². The highest BCUT2D eigenvalue weighted by molar-refractivity contribution is 7.52. The number of amides is 2. The van der Waals surface area contributed by atoms with Gasteiger partial charge in [-0.15, -0.1) is 0 Å². The van der Waals surface area contributed by atoms with Crippen LogP contribution in [0.2, 0.25) is 0 Å². The summed E-state index contributed by atoms with van der Waals surface area (Å²) < 4.78 is 50.0. The first-order valence-corrected chi connectivity index (χ1v) is 24.4. The van der Waals surface area contributed by atoms with Crippen molar-refractivity contribution in [3.05, 3.63) is 95.3 Å². The second-order valence-corrected chi connectivity index (χ2v) is 19.8. The maximum Gasteiger partial charge on any atom is 0.439 e. The fourth-order valence-electron chi connectivity index (χ4n) is 9.81. The van der Waals surface area contributed by atoms with E-state index in [-0.39, 0.29) is 50.2 Å². The van der Waals surface area contributed by atoms with Gasteiger partial charge in [-0.3, -0.25) is 23.0 Å². The van der Waals surface area contributed by atoms with Gasteiger partial charge in [0.2, 0.25) is 17.7 Å². The number of ether oxygens (including phenoxy) is 1. The molecule has 0 saturated heterocycles. The van der Waals surface area contributed by atoms with E-state index in [1.807, 2.05) is 56.3 Å². The number of carbonyl (C=O) groups is 2. The molecule has 65 heavy (non-hydrogen) atoms. The summed E-state index contributed by atoms with van der Waals surface area (Å²) in [5, 5.41) is 21.8. The summed E-state index contributed by atoms with van der Waals surface area (Å²) in [7, 11) is -3.93. The molecule has 15 nitrogen and oxygen atoms in total. The van der Waals surface area contributed by atoms with E-state index in [4.69, 9.17) is 32.6 Å². The Balaban J connectivity index is 1.24. The van der Waals surface area contributed by atoms with E-state index in [1.54, 1.807) is 30.6 Å². The summed E-state index contributed by atoms with van der Waals surface area (Å²) in [6, 6.07) is 16.0. The van der Waals surface area contributed by atoms with Crippen LogP contribution in [0.15, 0.2) is 75.8 Å². The number of unbranched alkanes of at least 4 members (excludes halogenated alkanes) is 2. The molecule has 3 unspecified atom stereocenters. The summed E-state index contributed by atoms with van der Waals surface area (Å²) >= 11 is 0. The Morgan fingerprint density at radius 1 is 0.985 bits per heavy atom. The number of hydrogen-bond donors (Lipinski definition) is 4. The van der Waals surface area contributed by atoms with Crippen molar-refractivity contribution < 1.29 is 41.9 Å². The van der Waals surface area contributed by atoms with Gasteiger partial charge in [-0.05, 0) is 54.9 Å². The van der Waals surface area contributed by atoms with Crippen molar-refractivity contribution in [3.63, 3.8) is 0 Å². The molecule has 340 valence electrons. The number of hydrogen-bond acceptors (Lipinski definition) is 12. The van der Waals surface area contributed by atoms with Crippen LogP contribution in [-0.4, -0.2) is 62.3 Å². The lowest BCUT2D eigenvalue weighted by Gasteiger charge is -2.30. The van der Waals surface area contributed by atoms with E-state index in [9.17, 15) is 14.7 Å². The number of anilines is 1. The molecular formula is C49H55N6O9P. The van der Waals surface area contributed by atoms with Crippen molar-refractivity contribution in [2.75, 3.05) is 18.5 Å². The van der Waals surface area contributed by atoms with E-state index < -0.39 is 48.9 Å². The first kappa shape index (κ1) is 43.2. The van der Waals surface area contributed by atoms with Crippen molar-refractivity contribution in [2.45, 2.75) is 116 Å². The molecule has 7 heterocycles. The Bertz CT molecular complexity index is 2880. The Kier molecular flexibility index (Phi) is 10.8. The highest BCUT2D eigenvalue weighted by Crippen LogP contribution is 2.62. The zero-order chi connectivity index (χ0) is 45.4. The van der Waals surface area contributed by atoms with E-state index in [0.717, 1.165) is 51.7 Å². The van der Waals surface area contributed by atoms with Gasteiger partial charge >= 0.3 is 7.75 Å². The molecule has 10 bridgehead atoms. The SMILES string of the molecule is CCCCOP(=O)(OCCCC)n1cc2c3c(cccc31)-c1cccc3c1NC1Oc4ccc5cc4C31c1oc(nc1-c1ncc-2o1)C(C(C)C)NC(=O)[C@@H](NC(=O)C(O)(CC)CC)C5. The van der Waals surface area contributed by atoms with Gasteiger partial charge in [-0.25, -0.2) is 14.5 Å². The molecule has 16 heteroatoms. The smallest absolute Gasteiger partial charge is 0.439 e. The van der Waals surface area contributed by atoms with Crippen LogP contribution in [0, 0.1) is 5.92 Å². The highest BCUT2D eigenvalue weighted by Gasteiger charge is 2.62. The van der Waals surface area contributed by atoms with Crippen LogP contribution in [0.1, 0.15) is 114 Å². The minimum atomic E-state index is -3.93. The van der Waals surface area contributed by atoms with Gasteiger partial charge in [0.15, 0.2) is 23.4 Å². The van der Waals surface area contributed by atoms with Gasteiger partial charge in [-0.1, -0.05) is 96.8 Å². The van der Waals surface area contributed by atoms with Crippen molar-refractivity contribution in [2.24, 2.45) is 5.92 Å². The topological polar surface area (TPSA) is 192 Å². The Morgan fingerprint density at radius 3 is 2.45 bits per heavy atom. The summed E-state index contributed by atoms with van der Waals surface area (Å²) in [6.07, 6.45) is 6.31. The predicted octanol–water partition coefficient (Wildman–Crippen LogP) is 9.41. The average Bonchev–Trinajstić information content (AvgIpc) is 4.14. The number of benzene rings is 3. The first-order chi connectivity index (χ1) is 31.4. The summed E-state index contributed by atoms with van der Waals surface area (Å²) in [5.74, 6) is 0.484. The van der Waals surface area contributed by atoms with Crippen LogP contribution >= 0.6 is 7.75 Å². The van der Waals surface area contributed by atoms with Crippen molar-refractivity contribution in [1.29, 1.82) is 0 Å². The van der Waals surface area contributed by atoms with Gasteiger partial charge in [0.25, 0.3) is 5.91 Å². The van der Waals surface area contributed by atoms with Crippen molar-refractivity contribution in [3.8, 4) is 39.8 Å². The number of para-hydroxylation sites is 1. The van der Waals surface area contributed by atoms with Gasteiger partial charge in [0.05, 0.1) is 24.9 Å². The number of aliphatic hydroxyl groups is 1. The molecule has 3 aromatic carbocycles. The van der Waals surface area contributed by atoms with Crippen LogP contribution in [0.5, 0.6) is 5.75 Å². The fraction of sp³-hybridized carbons (Fsp3) is 0.429. The molecule has 4 N–H and O–H groups in total. The fourth-order valence-corrected chi connectivity index (χ4v) is 11.5. The lowest BCUT2D eigenvalue weighted by atomic mass is 9.72. The molecule has 0 radical (unpaired) electrons. The van der Waals surface area contributed by atoms with Gasteiger partial charge in [0.1, 0.15) is 28.8 Å². The number of oxazole rings is 2. The third-order valence-corrected chi connectivity index (χ3v) is 15.5. The molecule has 4 aliphatic rings. The number of carbonyl (C=O) groups excluding carboxylic acids is 2. The maximum absolute atomic E-state index is 15.1. The first-order valence-electron chi connectivity index (χ1n) is 22.9. The Hall–Kier alpha value is -5.73. The van der Waals surface area contributed by atoms with E-state index in [0.29, 0.717) is 46.9 Å². The summed E-state index contributed by atoms with van der Waals surface area (Å²) in [4.78, 5) is 38.2. The third kappa shape index (κ3) is 6.67. The number of rotatable bonds is 14. The quantitative estimate of drug-likeness (QED) is 0.0599. The highest BCUT2D eigenvalue weighted by atomic mass is 31.2. The van der Waals surface area contributed by atoms with Crippen LogP contribution < -0.4 is 20.7 Å². The van der Waals surface area contributed by atoms with E-state index in [1.165, 1.54) is 0 Å². The molecule has 4 aliphatic heterocycles. The monoisotopic (exact) mass is 902 g/mol. The number of nitrogens with one attached hydrogen (secondary N) is 3. The lowest BCUT2D eigenvalue weighted by molar-refractivity contribution is -0.143. The van der Waals surface area contributed by atoms with Crippen LogP contribution in [0.4, 0.5) is 5.69 Å². The largest absolute Gasteiger partial charge is 0.469 e. The molecule has 4 atom stereocenters. The van der Waals surface area contributed by atoms with Crippen molar-refractivity contribution in [1.82, 2.24) is 24.9 Å². The van der Waals surface area contributed by atoms with E-state index >= 15 is 4.57 Å². The van der Waals surface area contributed by atoms with Crippen molar-refractivity contribution >= 4 is 36.2 Å². The molecule has 3 aromatic heterocycles. The summed E-state index contributed by atoms with van der Waals surface area (Å²) in [5.41, 5.74) is 3.63.